The van der Waals surface area contributed by atoms with Gasteiger partial charge in [-0.25, -0.2) is 0 Å². The second kappa shape index (κ2) is 50.3. The van der Waals surface area contributed by atoms with E-state index in [0.717, 1.165) is 70.6 Å². The molecule has 0 saturated carbocycles. The highest BCUT2D eigenvalue weighted by Crippen LogP contribution is 2.15. The number of unbranched alkanes of at least 4 members (excludes halogenated alkanes) is 32. The zero-order valence-corrected chi connectivity index (χ0v) is 40.7. The minimum Gasteiger partial charge on any atom is -0.462 e. The van der Waals surface area contributed by atoms with Crippen molar-refractivity contribution in [1.82, 2.24) is 0 Å². The minimum absolute atomic E-state index is 0.0801. The molecule has 0 N–H and O–H groups in total. The summed E-state index contributed by atoms with van der Waals surface area (Å²) in [5.74, 6) is -0.903. The third-order valence-corrected chi connectivity index (χ3v) is 11.6. The Morgan fingerprint density at radius 3 is 0.984 bits per heavy atom. The van der Waals surface area contributed by atoms with Crippen LogP contribution < -0.4 is 0 Å². The summed E-state index contributed by atoms with van der Waals surface area (Å²) in [6, 6.07) is 0. The summed E-state index contributed by atoms with van der Waals surface area (Å²) in [7, 11) is 0. The number of ether oxygens (including phenoxy) is 3. The summed E-state index contributed by atoms with van der Waals surface area (Å²) in [5, 5.41) is 0. The Kier molecular flexibility index (Phi) is 48.3. The topological polar surface area (TPSA) is 78.9 Å². The van der Waals surface area contributed by atoms with Crippen molar-refractivity contribution in [2.75, 3.05) is 13.2 Å². The van der Waals surface area contributed by atoms with Crippen LogP contribution in [0.1, 0.15) is 278 Å². The second-order valence-electron chi connectivity index (χ2n) is 17.8. The molecule has 6 heteroatoms. The van der Waals surface area contributed by atoms with Crippen LogP contribution >= 0.6 is 0 Å². The largest absolute Gasteiger partial charge is 0.462 e. The fourth-order valence-corrected chi connectivity index (χ4v) is 7.59. The molecule has 0 aliphatic rings. The molecular weight excluding hydrogens is 757 g/mol. The summed E-state index contributed by atoms with van der Waals surface area (Å²) < 4.78 is 16.8. The van der Waals surface area contributed by atoms with Crippen molar-refractivity contribution in [3.05, 3.63) is 36.5 Å². The molecule has 0 radical (unpaired) electrons. The molecule has 0 spiro atoms. The maximum absolute atomic E-state index is 12.8. The van der Waals surface area contributed by atoms with Gasteiger partial charge in [0.25, 0.3) is 0 Å². The van der Waals surface area contributed by atoms with E-state index < -0.39 is 6.10 Å². The summed E-state index contributed by atoms with van der Waals surface area (Å²) in [6.45, 7) is 6.58. The van der Waals surface area contributed by atoms with Crippen molar-refractivity contribution in [1.29, 1.82) is 0 Å². The van der Waals surface area contributed by atoms with E-state index in [9.17, 15) is 14.4 Å². The van der Waals surface area contributed by atoms with Gasteiger partial charge < -0.3 is 14.2 Å². The Labute approximate surface area is 378 Å². The fraction of sp³-hybridized carbons (Fsp3) is 0.836. The van der Waals surface area contributed by atoms with Gasteiger partial charge in [-0.15, -0.1) is 0 Å². The summed E-state index contributed by atoms with van der Waals surface area (Å²) in [5.41, 5.74) is 0. The molecule has 0 amide bonds. The molecule has 1 atom stereocenters. The molecule has 0 rings (SSSR count). The number of carbonyl (C=O) groups excluding carboxylic acids is 3. The molecule has 356 valence electrons. The highest BCUT2D eigenvalue weighted by molar-refractivity contribution is 5.71. The number of hydrogen-bond donors (Lipinski definition) is 0. The van der Waals surface area contributed by atoms with Crippen molar-refractivity contribution in [2.24, 2.45) is 0 Å². The lowest BCUT2D eigenvalue weighted by atomic mass is 10.0. The van der Waals surface area contributed by atoms with Gasteiger partial charge in [0.2, 0.25) is 0 Å². The quantitative estimate of drug-likeness (QED) is 0.0199. The lowest BCUT2D eigenvalue weighted by Crippen LogP contribution is -2.30. The van der Waals surface area contributed by atoms with E-state index in [1.165, 1.54) is 167 Å². The lowest BCUT2D eigenvalue weighted by Gasteiger charge is -2.18. The predicted octanol–water partition coefficient (Wildman–Crippen LogP) is 17.3. The van der Waals surface area contributed by atoms with Crippen LogP contribution in [-0.2, 0) is 28.6 Å². The average Bonchev–Trinajstić information content (AvgIpc) is 3.26. The van der Waals surface area contributed by atoms with Crippen LogP contribution in [0.5, 0.6) is 0 Å². The zero-order valence-electron chi connectivity index (χ0n) is 40.7. The van der Waals surface area contributed by atoms with Gasteiger partial charge in [0.05, 0.1) is 0 Å². The number of carbonyl (C=O) groups is 3. The second-order valence-corrected chi connectivity index (χ2v) is 17.8. The van der Waals surface area contributed by atoms with E-state index in [4.69, 9.17) is 14.2 Å². The fourth-order valence-electron chi connectivity index (χ4n) is 7.59. The Morgan fingerprint density at radius 1 is 0.328 bits per heavy atom. The number of rotatable bonds is 48. The van der Waals surface area contributed by atoms with Crippen LogP contribution in [0.4, 0.5) is 0 Å². The first-order chi connectivity index (χ1) is 30.0. The van der Waals surface area contributed by atoms with Gasteiger partial charge in [-0.2, -0.15) is 0 Å². The Balaban J connectivity index is 4.32. The predicted molar refractivity (Wildman–Crippen MR) is 261 cm³/mol. The Morgan fingerprint density at radius 2 is 0.607 bits per heavy atom. The van der Waals surface area contributed by atoms with Gasteiger partial charge in [0, 0.05) is 19.3 Å². The van der Waals surface area contributed by atoms with E-state index >= 15 is 0 Å². The standard InChI is InChI=1S/C55H100O6/c1-4-7-10-13-16-19-22-24-25-26-27-28-29-31-33-36-39-42-45-48-54(57)60-51-52(50-59-53(56)47-44-41-38-35-32-21-18-15-12-9-6-3)61-55(58)49-46-43-40-37-34-30-23-20-17-14-11-8-5-2/h15,18,21,26-27,32,52H,4-14,16-17,19-20,22-25,28-31,33-51H2,1-3H3/b18-15-,27-26-,32-21-. The average molecular weight is 857 g/mol. The van der Waals surface area contributed by atoms with Crippen molar-refractivity contribution >= 4 is 17.9 Å². The third-order valence-electron chi connectivity index (χ3n) is 11.6. The van der Waals surface area contributed by atoms with E-state index in [1.807, 2.05) is 0 Å². The van der Waals surface area contributed by atoms with E-state index in [1.54, 1.807) is 0 Å². The molecule has 0 bridgehead atoms. The summed E-state index contributed by atoms with van der Waals surface area (Å²) >= 11 is 0. The van der Waals surface area contributed by atoms with Crippen molar-refractivity contribution < 1.29 is 28.6 Å². The van der Waals surface area contributed by atoms with Gasteiger partial charge in [0.15, 0.2) is 6.10 Å². The highest BCUT2D eigenvalue weighted by atomic mass is 16.6. The van der Waals surface area contributed by atoms with Crippen LogP contribution in [0.3, 0.4) is 0 Å². The molecular formula is C55H100O6. The zero-order chi connectivity index (χ0) is 44.4. The minimum atomic E-state index is -0.780. The molecule has 0 saturated heterocycles. The van der Waals surface area contributed by atoms with Crippen molar-refractivity contribution in [2.45, 2.75) is 284 Å². The van der Waals surface area contributed by atoms with Gasteiger partial charge >= 0.3 is 17.9 Å². The number of allylic oxidation sites excluding steroid dienone is 6. The lowest BCUT2D eigenvalue weighted by molar-refractivity contribution is -0.167. The number of esters is 3. The third kappa shape index (κ3) is 48.5. The van der Waals surface area contributed by atoms with E-state index in [2.05, 4.69) is 57.2 Å². The first-order valence-electron chi connectivity index (χ1n) is 26.5. The van der Waals surface area contributed by atoms with Crippen LogP contribution in [0.15, 0.2) is 36.5 Å². The van der Waals surface area contributed by atoms with Gasteiger partial charge in [0.1, 0.15) is 13.2 Å². The SMILES string of the molecule is CCCC/C=C\C=C/CCCCCC(=O)OCC(COC(=O)CCCCCCCCC/C=C\CCCCCCCCCC)OC(=O)CCCCCCCCCCCCCCC. The van der Waals surface area contributed by atoms with Gasteiger partial charge in [-0.05, 0) is 64.2 Å². The van der Waals surface area contributed by atoms with Crippen LogP contribution in [-0.4, -0.2) is 37.2 Å². The Hall–Kier alpha value is -2.37. The molecule has 0 heterocycles. The highest BCUT2D eigenvalue weighted by Gasteiger charge is 2.19. The molecule has 0 fully saturated rings. The maximum atomic E-state index is 12.8. The first kappa shape index (κ1) is 58.6. The molecule has 1 unspecified atom stereocenters. The van der Waals surface area contributed by atoms with Crippen LogP contribution in [0.25, 0.3) is 0 Å². The van der Waals surface area contributed by atoms with Crippen LogP contribution in [0, 0.1) is 0 Å². The number of hydrogen-bond acceptors (Lipinski definition) is 6. The maximum Gasteiger partial charge on any atom is 0.306 e. The Bertz CT molecular complexity index is 1030. The smallest absolute Gasteiger partial charge is 0.306 e. The van der Waals surface area contributed by atoms with E-state index in [-0.39, 0.29) is 31.1 Å². The molecule has 0 aromatic carbocycles. The molecule has 0 aliphatic heterocycles. The molecule has 0 aliphatic carbocycles. The van der Waals surface area contributed by atoms with Gasteiger partial charge in [-0.1, -0.05) is 231 Å². The van der Waals surface area contributed by atoms with Crippen LogP contribution in [0.2, 0.25) is 0 Å². The van der Waals surface area contributed by atoms with Gasteiger partial charge in [-0.3, -0.25) is 14.4 Å². The molecule has 0 aromatic rings. The van der Waals surface area contributed by atoms with Crippen molar-refractivity contribution in [3.63, 3.8) is 0 Å². The first-order valence-corrected chi connectivity index (χ1v) is 26.5. The summed E-state index contributed by atoms with van der Waals surface area (Å²) in [6.07, 6.45) is 58.5. The van der Waals surface area contributed by atoms with Crippen molar-refractivity contribution in [3.8, 4) is 0 Å². The molecule has 61 heavy (non-hydrogen) atoms. The molecule has 0 aromatic heterocycles. The monoisotopic (exact) mass is 857 g/mol. The summed E-state index contributed by atoms with van der Waals surface area (Å²) in [4.78, 5) is 37.9. The molecule has 6 nitrogen and oxygen atoms in total. The normalized spacial score (nSPS) is 12.2. The van der Waals surface area contributed by atoms with E-state index in [0.29, 0.717) is 19.3 Å².